The maximum atomic E-state index is 12.7. The molecule has 3 unspecified atom stereocenters. The van der Waals surface area contributed by atoms with Gasteiger partial charge in [0, 0.05) is 20.1 Å². The van der Waals surface area contributed by atoms with E-state index in [-0.39, 0.29) is 19.1 Å². The summed E-state index contributed by atoms with van der Waals surface area (Å²) in [7, 11) is 1.64. The number of amides is 3. The van der Waals surface area contributed by atoms with Crippen LogP contribution in [0, 0.1) is 0 Å². The van der Waals surface area contributed by atoms with Gasteiger partial charge in [0.15, 0.2) is 18.2 Å². The van der Waals surface area contributed by atoms with Crippen LogP contribution in [0.25, 0.3) is 0 Å². The van der Waals surface area contributed by atoms with Crippen LogP contribution >= 0.6 is 0 Å². The zero-order chi connectivity index (χ0) is 21.1. The van der Waals surface area contributed by atoms with Crippen LogP contribution in [0.1, 0.15) is 25.7 Å². The van der Waals surface area contributed by atoms with Crippen molar-refractivity contribution in [2.75, 3.05) is 33.3 Å². The number of carbonyl (C=O) groups excluding carboxylic acids is 2. The van der Waals surface area contributed by atoms with Gasteiger partial charge in [0.1, 0.15) is 18.5 Å². The minimum atomic E-state index is -0.822. The Labute approximate surface area is 176 Å². The van der Waals surface area contributed by atoms with Crippen LogP contribution in [0.2, 0.25) is 0 Å². The Hall–Kier alpha value is -2.81. The van der Waals surface area contributed by atoms with E-state index in [0.717, 1.165) is 25.9 Å². The lowest BCUT2D eigenvalue weighted by Gasteiger charge is -2.38. The topological polar surface area (TPSA) is 97.7 Å². The molecule has 3 heterocycles. The average Bonchev–Trinajstić information content (AvgIpc) is 2.92. The van der Waals surface area contributed by atoms with E-state index in [2.05, 4.69) is 10.2 Å². The average molecular weight is 415 g/mol. The molecule has 0 aliphatic carbocycles. The normalized spacial score (nSPS) is 25.4. The standard InChI is InChI=1S/C21H29N5O4/c1-24-18-17(19(28)23-21(24)29)26(20(22-18)25-11-7-2-3-8-12-25)13-15(27)14-30-16-9-5-4-6-10-16/h4-6,9-10,15,17-18,27H,2-3,7-8,11-14H2,1H3,(H,23,28,29). The number of β-amino-alcohol motifs (C(OH)–C–C–N with tert-alkyl or cyclic N) is 1. The predicted octanol–water partition coefficient (Wildman–Crippen LogP) is 0.850. The Morgan fingerprint density at radius 2 is 1.87 bits per heavy atom. The fourth-order valence-electron chi connectivity index (χ4n) is 4.23. The van der Waals surface area contributed by atoms with Crippen molar-refractivity contribution in [1.29, 1.82) is 0 Å². The molecule has 3 atom stereocenters. The highest BCUT2D eigenvalue weighted by Crippen LogP contribution is 2.27. The molecule has 2 N–H and O–H groups in total. The van der Waals surface area contributed by atoms with E-state index < -0.39 is 24.3 Å². The van der Waals surface area contributed by atoms with Crippen LogP contribution in [0.5, 0.6) is 5.75 Å². The third-order valence-electron chi connectivity index (χ3n) is 5.82. The molecule has 1 aromatic rings. The third kappa shape index (κ3) is 4.21. The van der Waals surface area contributed by atoms with Crippen molar-refractivity contribution in [2.45, 2.75) is 44.0 Å². The smallest absolute Gasteiger partial charge is 0.325 e. The highest BCUT2D eigenvalue weighted by molar-refractivity contribution is 6.03. The van der Waals surface area contributed by atoms with Gasteiger partial charge in [-0.2, -0.15) is 0 Å². The molecular formula is C21H29N5O4. The van der Waals surface area contributed by atoms with Crippen LogP contribution in [-0.4, -0.2) is 89.3 Å². The van der Waals surface area contributed by atoms with E-state index in [1.165, 1.54) is 17.7 Å². The molecule has 0 saturated carbocycles. The number of likely N-dealkylation sites (N-methyl/N-ethyl adjacent to an activating group) is 1. The van der Waals surface area contributed by atoms with Crippen molar-refractivity contribution < 1.29 is 19.4 Å². The number of fused-ring (bicyclic) bond motifs is 1. The largest absolute Gasteiger partial charge is 0.491 e. The van der Waals surface area contributed by atoms with E-state index in [1.54, 1.807) is 7.05 Å². The molecule has 0 aromatic heterocycles. The van der Waals surface area contributed by atoms with E-state index in [4.69, 9.17) is 9.73 Å². The highest BCUT2D eigenvalue weighted by atomic mass is 16.5. The minimum Gasteiger partial charge on any atom is -0.491 e. The predicted molar refractivity (Wildman–Crippen MR) is 111 cm³/mol. The number of hydrogen-bond acceptors (Lipinski definition) is 7. The summed E-state index contributed by atoms with van der Waals surface area (Å²) in [6.45, 7) is 2.00. The number of aliphatic hydroxyl groups is 1. The molecule has 3 amide bonds. The number of nitrogens with one attached hydrogen (secondary N) is 1. The molecule has 9 nitrogen and oxygen atoms in total. The van der Waals surface area contributed by atoms with E-state index >= 15 is 0 Å². The Balaban J connectivity index is 1.51. The lowest BCUT2D eigenvalue weighted by atomic mass is 10.1. The zero-order valence-corrected chi connectivity index (χ0v) is 17.2. The van der Waals surface area contributed by atoms with Gasteiger partial charge in [-0.1, -0.05) is 31.0 Å². The second kappa shape index (κ2) is 8.91. The molecule has 0 radical (unpaired) electrons. The van der Waals surface area contributed by atoms with Crippen molar-refractivity contribution in [3.8, 4) is 5.75 Å². The molecule has 3 aliphatic heterocycles. The van der Waals surface area contributed by atoms with Crippen LogP contribution in [0.4, 0.5) is 4.79 Å². The zero-order valence-electron chi connectivity index (χ0n) is 17.2. The first-order valence-corrected chi connectivity index (χ1v) is 10.6. The highest BCUT2D eigenvalue weighted by Gasteiger charge is 2.50. The lowest BCUT2D eigenvalue weighted by Crippen LogP contribution is -2.65. The molecule has 162 valence electrons. The molecule has 30 heavy (non-hydrogen) atoms. The maximum absolute atomic E-state index is 12.7. The van der Waals surface area contributed by atoms with Gasteiger partial charge in [-0.05, 0) is 25.0 Å². The fraction of sp³-hybridized carbons (Fsp3) is 0.571. The molecule has 1 aromatic carbocycles. The first kappa shape index (κ1) is 20.5. The lowest BCUT2D eigenvalue weighted by molar-refractivity contribution is -0.127. The van der Waals surface area contributed by atoms with Crippen molar-refractivity contribution in [3.63, 3.8) is 0 Å². The summed E-state index contributed by atoms with van der Waals surface area (Å²) in [5.74, 6) is 0.980. The van der Waals surface area contributed by atoms with Crippen LogP contribution in [0.15, 0.2) is 35.3 Å². The summed E-state index contributed by atoms with van der Waals surface area (Å²) in [4.78, 5) is 35.0. The number of hydrogen-bond donors (Lipinski definition) is 2. The number of aliphatic imine (C=N–C) groups is 1. The summed E-state index contributed by atoms with van der Waals surface area (Å²) >= 11 is 0. The second-order valence-electron chi connectivity index (χ2n) is 8.02. The van der Waals surface area contributed by atoms with Crippen molar-refractivity contribution >= 4 is 17.9 Å². The van der Waals surface area contributed by atoms with Crippen molar-refractivity contribution in [1.82, 2.24) is 20.0 Å². The summed E-state index contributed by atoms with van der Waals surface area (Å²) in [5.41, 5.74) is 0. The van der Waals surface area contributed by atoms with E-state index in [1.807, 2.05) is 35.2 Å². The Morgan fingerprint density at radius 3 is 2.57 bits per heavy atom. The first-order valence-electron chi connectivity index (χ1n) is 10.6. The Morgan fingerprint density at radius 1 is 1.17 bits per heavy atom. The molecule has 0 spiro atoms. The first-order chi connectivity index (χ1) is 14.5. The molecule has 2 fully saturated rings. The molecular weight excluding hydrogens is 386 g/mol. The maximum Gasteiger partial charge on any atom is 0.325 e. The van der Waals surface area contributed by atoms with Gasteiger partial charge in [-0.15, -0.1) is 0 Å². The number of nitrogens with zero attached hydrogens (tertiary/aromatic N) is 4. The summed E-state index contributed by atoms with van der Waals surface area (Å²) in [5, 5.41) is 13.1. The number of likely N-dealkylation sites (tertiary alicyclic amines) is 1. The Kier molecular flexibility index (Phi) is 6.08. The molecule has 4 rings (SSSR count). The van der Waals surface area contributed by atoms with Crippen LogP contribution < -0.4 is 10.1 Å². The summed E-state index contributed by atoms with van der Waals surface area (Å²) < 4.78 is 5.68. The number of carbonyl (C=O) groups is 2. The minimum absolute atomic E-state index is 0.0988. The van der Waals surface area contributed by atoms with Gasteiger partial charge in [-0.25, -0.2) is 9.79 Å². The number of imide groups is 1. The van der Waals surface area contributed by atoms with Crippen molar-refractivity contribution in [3.05, 3.63) is 30.3 Å². The summed E-state index contributed by atoms with van der Waals surface area (Å²) in [6, 6.07) is 8.20. The number of ether oxygens (including phenoxy) is 1. The van der Waals surface area contributed by atoms with E-state index in [9.17, 15) is 14.7 Å². The number of urea groups is 1. The quantitative estimate of drug-likeness (QED) is 0.740. The number of benzene rings is 1. The third-order valence-corrected chi connectivity index (χ3v) is 5.82. The van der Waals surface area contributed by atoms with Crippen LogP contribution in [-0.2, 0) is 4.79 Å². The van der Waals surface area contributed by atoms with Gasteiger partial charge in [0.25, 0.3) is 5.91 Å². The number of guanidine groups is 1. The molecule has 2 saturated heterocycles. The molecule has 0 bridgehead atoms. The van der Waals surface area contributed by atoms with Gasteiger partial charge in [0.05, 0.1) is 6.54 Å². The van der Waals surface area contributed by atoms with Crippen molar-refractivity contribution in [2.24, 2.45) is 4.99 Å². The van der Waals surface area contributed by atoms with Gasteiger partial charge in [-0.3, -0.25) is 10.1 Å². The second-order valence-corrected chi connectivity index (χ2v) is 8.02. The SMILES string of the molecule is CN1C(=O)NC(=O)C2C1N=C(N1CCCCCC1)N2CC(O)COc1ccccc1. The summed E-state index contributed by atoms with van der Waals surface area (Å²) in [6.07, 6.45) is 3.04. The number of aliphatic hydroxyl groups excluding tert-OH is 1. The Bertz CT molecular complexity index is 794. The molecule has 3 aliphatic rings. The van der Waals surface area contributed by atoms with Gasteiger partial charge >= 0.3 is 6.03 Å². The van der Waals surface area contributed by atoms with Gasteiger partial charge in [0.2, 0.25) is 0 Å². The number of para-hydroxylation sites is 1. The monoisotopic (exact) mass is 415 g/mol. The van der Waals surface area contributed by atoms with E-state index in [0.29, 0.717) is 11.7 Å². The van der Waals surface area contributed by atoms with Crippen LogP contribution in [0.3, 0.4) is 0 Å². The molecule has 9 heteroatoms. The fourth-order valence-corrected chi connectivity index (χ4v) is 4.23. The number of rotatable bonds is 5. The van der Waals surface area contributed by atoms with Gasteiger partial charge < -0.3 is 24.5 Å².